The van der Waals surface area contributed by atoms with Crippen molar-refractivity contribution in [2.24, 2.45) is 17.3 Å². The summed E-state index contributed by atoms with van der Waals surface area (Å²) in [6.07, 6.45) is 4.67. The van der Waals surface area contributed by atoms with Crippen LogP contribution in [0.5, 0.6) is 0 Å². The molecule has 1 N–H and O–H groups in total. The molecule has 5 heteroatoms. The van der Waals surface area contributed by atoms with E-state index >= 15 is 0 Å². The van der Waals surface area contributed by atoms with E-state index in [4.69, 9.17) is 5.11 Å². The van der Waals surface area contributed by atoms with E-state index in [1.165, 1.54) is 5.57 Å². The fraction of sp³-hybridized carbons (Fsp3) is 0.750. The number of hydrogen-bond acceptors (Lipinski definition) is 3. The molecule has 1 saturated carbocycles. The van der Waals surface area contributed by atoms with Crippen LogP contribution in [0.15, 0.2) is 11.6 Å². The van der Waals surface area contributed by atoms with Gasteiger partial charge in [0.2, 0.25) is 6.54 Å². The Balaban J connectivity index is 2.17. The molecule has 94 valence electrons. The van der Waals surface area contributed by atoms with Crippen LogP contribution in [0.4, 0.5) is 0 Å². The molecule has 2 rings (SSSR count). The van der Waals surface area contributed by atoms with Crippen LogP contribution in [-0.4, -0.2) is 22.5 Å². The molecule has 0 aromatic carbocycles. The quantitative estimate of drug-likeness (QED) is 0.452. The third kappa shape index (κ3) is 2.06. The lowest BCUT2D eigenvalue weighted by Crippen LogP contribution is -2.50. The number of nitrogens with zero attached hydrogens (tertiary/aromatic N) is 1. The minimum Gasteiger partial charge on any atom is -0.481 e. The molecular weight excluding hydrogens is 222 g/mol. The molecule has 0 aromatic rings. The van der Waals surface area contributed by atoms with Crippen LogP contribution in [-0.2, 0) is 4.79 Å². The van der Waals surface area contributed by atoms with Gasteiger partial charge in [0.25, 0.3) is 0 Å². The van der Waals surface area contributed by atoms with Crippen molar-refractivity contribution in [3.8, 4) is 0 Å². The summed E-state index contributed by atoms with van der Waals surface area (Å²) in [5, 5.41) is 19.6. The van der Waals surface area contributed by atoms with Crippen LogP contribution in [0, 0.1) is 27.4 Å². The number of carboxylic acids is 1. The highest BCUT2D eigenvalue weighted by atomic mass is 16.6. The summed E-state index contributed by atoms with van der Waals surface area (Å²) in [5.74, 6) is -0.369. The van der Waals surface area contributed by atoms with Crippen molar-refractivity contribution in [3.63, 3.8) is 0 Å². The van der Waals surface area contributed by atoms with Gasteiger partial charge in [0, 0.05) is 4.92 Å². The van der Waals surface area contributed by atoms with Crippen LogP contribution < -0.4 is 0 Å². The normalized spacial score (nSPS) is 34.8. The van der Waals surface area contributed by atoms with Crippen molar-refractivity contribution in [2.75, 3.05) is 6.54 Å². The van der Waals surface area contributed by atoms with Crippen molar-refractivity contribution in [2.45, 2.75) is 32.6 Å². The number of hydrogen-bond donors (Lipinski definition) is 1. The molecule has 0 unspecified atom stereocenters. The fourth-order valence-electron chi connectivity index (χ4n) is 3.53. The molecule has 0 aromatic heterocycles. The number of fused-ring (bicyclic) bond motifs is 1. The second-order valence-electron chi connectivity index (χ2n) is 5.30. The summed E-state index contributed by atoms with van der Waals surface area (Å²) in [5.41, 5.74) is 0.701. The highest BCUT2D eigenvalue weighted by Gasteiger charge is 2.58. The van der Waals surface area contributed by atoms with Crippen LogP contribution in [0.25, 0.3) is 0 Å². The molecule has 0 radical (unpaired) electrons. The maximum atomic E-state index is 10.9. The first-order valence-corrected chi connectivity index (χ1v) is 6.00. The second kappa shape index (κ2) is 4.13. The van der Waals surface area contributed by atoms with Crippen molar-refractivity contribution in [1.82, 2.24) is 0 Å². The molecule has 0 saturated heterocycles. The van der Waals surface area contributed by atoms with E-state index in [-0.39, 0.29) is 23.8 Å². The topological polar surface area (TPSA) is 80.4 Å². The molecule has 0 spiro atoms. The van der Waals surface area contributed by atoms with Gasteiger partial charge in [-0.3, -0.25) is 14.9 Å². The highest BCUT2D eigenvalue weighted by Crippen LogP contribution is 2.60. The van der Waals surface area contributed by atoms with Gasteiger partial charge in [0.15, 0.2) is 0 Å². The fourth-order valence-corrected chi connectivity index (χ4v) is 3.53. The zero-order chi connectivity index (χ0) is 12.6. The molecule has 17 heavy (non-hydrogen) atoms. The average molecular weight is 239 g/mol. The Bertz CT molecular complexity index is 372. The molecule has 0 amide bonds. The third-order valence-corrected chi connectivity index (χ3v) is 4.22. The molecule has 0 heterocycles. The minimum absolute atomic E-state index is 0.0807. The number of allylic oxidation sites excluding steroid dienone is 2. The zero-order valence-corrected chi connectivity index (χ0v) is 9.89. The zero-order valence-electron chi connectivity index (χ0n) is 9.89. The van der Waals surface area contributed by atoms with Gasteiger partial charge in [-0.1, -0.05) is 18.6 Å². The van der Waals surface area contributed by atoms with Gasteiger partial charge in [-0.05, 0) is 31.1 Å². The summed E-state index contributed by atoms with van der Waals surface area (Å²) in [4.78, 5) is 21.2. The molecule has 0 bridgehead atoms. The number of carbonyl (C=O) groups is 1. The first kappa shape index (κ1) is 12.1. The van der Waals surface area contributed by atoms with Crippen LogP contribution in [0.3, 0.4) is 0 Å². The summed E-state index contributed by atoms with van der Waals surface area (Å²) < 4.78 is 0. The van der Waals surface area contributed by atoms with Crippen molar-refractivity contribution < 1.29 is 14.8 Å². The van der Waals surface area contributed by atoms with Gasteiger partial charge in [-0.15, -0.1) is 0 Å². The summed E-state index contributed by atoms with van der Waals surface area (Å²) in [7, 11) is 0. The predicted octanol–water partition coefficient (Wildman–Crippen LogP) is 2.10. The van der Waals surface area contributed by atoms with E-state index in [9.17, 15) is 14.9 Å². The summed E-state index contributed by atoms with van der Waals surface area (Å²) in [6, 6.07) is 0. The molecule has 0 aliphatic heterocycles. The third-order valence-electron chi connectivity index (χ3n) is 4.22. The molecule has 1 fully saturated rings. The standard InChI is InChI=1S/C12H17NO4/c1-2-8-3-9-5-12(6-11(14)15,7-13(16)17)10(9)4-8/h4,9-10H,2-3,5-7H2,1H3,(H,14,15)/t9-,10-,12-/m0/s1. The minimum atomic E-state index is -0.927. The molecule has 2 aliphatic rings. The average Bonchev–Trinajstić information content (AvgIpc) is 2.54. The SMILES string of the molecule is CCC1=C[C@H]2[C@@H](C1)C[C@]2(CC(=O)O)C[N+](=O)[O-]. The van der Waals surface area contributed by atoms with Crippen LogP contribution >= 0.6 is 0 Å². The summed E-state index contributed by atoms with van der Waals surface area (Å²) >= 11 is 0. The Morgan fingerprint density at radius 3 is 2.94 bits per heavy atom. The first-order chi connectivity index (χ1) is 7.97. The predicted molar refractivity (Wildman–Crippen MR) is 61.1 cm³/mol. The van der Waals surface area contributed by atoms with E-state index in [2.05, 4.69) is 13.0 Å². The van der Waals surface area contributed by atoms with Gasteiger partial charge in [0.1, 0.15) is 0 Å². The Hall–Kier alpha value is -1.39. The largest absolute Gasteiger partial charge is 0.481 e. The Labute approximate surface area is 99.7 Å². The first-order valence-electron chi connectivity index (χ1n) is 6.00. The maximum absolute atomic E-state index is 10.9. The Morgan fingerprint density at radius 1 is 1.71 bits per heavy atom. The lowest BCUT2D eigenvalue weighted by atomic mass is 9.53. The molecule has 3 atom stereocenters. The van der Waals surface area contributed by atoms with Crippen molar-refractivity contribution in [3.05, 3.63) is 21.8 Å². The van der Waals surface area contributed by atoms with Gasteiger partial charge in [-0.25, -0.2) is 0 Å². The molecule has 5 nitrogen and oxygen atoms in total. The van der Waals surface area contributed by atoms with Crippen molar-refractivity contribution in [1.29, 1.82) is 0 Å². The van der Waals surface area contributed by atoms with E-state index < -0.39 is 11.4 Å². The maximum Gasteiger partial charge on any atom is 0.304 e. The van der Waals surface area contributed by atoms with Crippen molar-refractivity contribution >= 4 is 5.97 Å². The number of rotatable bonds is 5. The van der Waals surface area contributed by atoms with Crippen LogP contribution in [0.1, 0.15) is 32.6 Å². The molecular formula is C12H17NO4. The van der Waals surface area contributed by atoms with E-state index in [0.29, 0.717) is 12.3 Å². The lowest BCUT2D eigenvalue weighted by molar-refractivity contribution is -0.505. The smallest absolute Gasteiger partial charge is 0.304 e. The Morgan fingerprint density at radius 2 is 2.41 bits per heavy atom. The highest BCUT2D eigenvalue weighted by molar-refractivity contribution is 5.68. The second-order valence-corrected chi connectivity index (χ2v) is 5.30. The van der Waals surface area contributed by atoms with Crippen LogP contribution in [0.2, 0.25) is 0 Å². The number of carboxylic acid groups (broad SMARTS) is 1. The number of aliphatic carboxylic acids is 1. The van der Waals surface area contributed by atoms with Gasteiger partial charge in [0.05, 0.1) is 11.8 Å². The van der Waals surface area contributed by atoms with E-state index in [0.717, 1.165) is 12.8 Å². The van der Waals surface area contributed by atoms with E-state index in [1.54, 1.807) is 0 Å². The van der Waals surface area contributed by atoms with Gasteiger partial charge >= 0.3 is 5.97 Å². The lowest BCUT2D eigenvalue weighted by Gasteiger charge is -2.48. The monoisotopic (exact) mass is 239 g/mol. The molecule has 2 aliphatic carbocycles. The Kier molecular flexibility index (Phi) is 2.93. The van der Waals surface area contributed by atoms with Gasteiger partial charge in [-0.2, -0.15) is 0 Å². The van der Waals surface area contributed by atoms with Gasteiger partial charge < -0.3 is 5.11 Å². The van der Waals surface area contributed by atoms with E-state index in [1.807, 2.05) is 0 Å². The summed E-state index contributed by atoms with van der Waals surface area (Å²) in [6.45, 7) is 1.86. The number of nitro groups is 1.